The minimum absolute atomic E-state index is 0.00971. The summed E-state index contributed by atoms with van der Waals surface area (Å²) in [5.41, 5.74) is 0.533. The molecule has 0 saturated carbocycles. The molecule has 0 bridgehead atoms. The molecule has 0 aliphatic carbocycles. The molecule has 33 heavy (non-hydrogen) atoms. The molecule has 1 aromatic carbocycles. The Morgan fingerprint density at radius 3 is 2.85 bits per heavy atom. The van der Waals surface area contributed by atoms with Gasteiger partial charge in [0, 0.05) is 22.6 Å². The van der Waals surface area contributed by atoms with Crippen LogP contribution in [0, 0.1) is 0 Å². The maximum absolute atomic E-state index is 13.4. The second kappa shape index (κ2) is 7.04. The number of nitrogens with zero attached hydrogens (tertiary/aromatic N) is 2. The first kappa shape index (κ1) is 20.7. The van der Waals surface area contributed by atoms with E-state index in [1.165, 1.54) is 4.57 Å². The summed E-state index contributed by atoms with van der Waals surface area (Å²) in [5, 5.41) is 1.04. The van der Waals surface area contributed by atoms with Crippen LogP contribution in [-0.4, -0.2) is 27.2 Å². The molecule has 0 amide bonds. The number of esters is 1. The molecule has 0 spiro atoms. The molecule has 3 aliphatic rings. The normalized spacial score (nSPS) is 20.9. The van der Waals surface area contributed by atoms with Crippen LogP contribution in [0.3, 0.4) is 0 Å². The molecule has 2 aromatic heterocycles. The average Bonchev–Trinajstić information content (AvgIpc) is 3.40. The van der Waals surface area contributed by atoms with Gasteiger partial charge in [-0.1, -0.05) is 18.5 Å². The number of cyclic esters (lactones) is 1. The summed E-state index contributed by atoms with van der Waals surface area (Å²) in [6.45, 7) is 1.69. The number of benzene rings is 1. The van der Waals surface area contributed by atoms with Gasteiger partial charge >= 0.3 is 14.2 Å². The van der Waals surface area contributed by atoms with Gasteiger partial charge in [0.1, 0.15) is 6.61 Å². The van der Waals surface area contributed by atoms with Crippen LogP contribution in [0.2, 0.25) is 5.02 Å². The highest BCUT2D eigenvalue weighted by atomic mass is 35.5. The van der Waals surface area contributed by atoms with Gasteiger partial charge in [-0.15, -0.1) is 0 Å². The maximum atomic E-state index is 13.4. The quantitative estimate of drug-likeness (QED) is 0.340. The van der Waals surface area contributed by atoms with E-state index in [0.29, 0.717) is 38.8 Å². The molecule has 10 nitrogen and oxygen atoms in total. The zero-order chi connectivity index (χ0) is 23.1. The average molecular weight is 491 g/mol. The van der Waals surface area contributed by atoms with E-state index in [1.807, 2.05) is 6.07 Å². The number of pyridine rings is 2. The van der Waals surface area contributed by atoms with Crippen molar-refractivity contribution >= 4 is 36.7 Å². The fourth-order valence-corrected chi connectivity index (χ4v) is 5.68. The molecule has 0 saturated heterocycles. The molecule has 3 aromatic rings. The van der Waals surface area contributed by atoms with Gasteiger partial charge in [0.25, 0.3) is 5.56 Å². The summed E-state index contributed by atoms with van der Waals surface area (Å²) in [4.78, 5) is 40.3. The summed E-state index contributed by atoms with van der Waals surface area (Å²) >= 11 is 6.52. The number of hydrogen-bond acceptors (Lipinski definition) is 8. The summed E-state index contributed by atoms with van der Waals surface area (Å²) in [6.07, 6.45) is 0.00971. The Bertz CT molecular complexity index is 1490. The molecule has 12 heteroatoms. The third-order valence-corrected chi connectivity index (χ3v) is 7.22. The van der Waals surface area contributed by atoms with Crippen LogP contribution in [0.25, 0.3) is 22.3 Å². The number of hydrogen-bond donors (Lipinski definition) is 1. The SMILES string of the molecule is CC[C@@]1(O[PH](=O)O)C(=O)OCc2c1cc1n(c2=O)Cc2cc3c(Cl)c4c(cc3nc2-1)OCO4. The predicted molar refractivity (Wildman–Crippen MR) is 116 cm³/mol. The lowest BCUT2D eigenvalue weighted by molar-refractivity contribution is -0.169. The van der Waals surface area contributed by atoms with Crippen LogP contribution in [0.4, 0.5) is 0 Å². The van der Waals surface area contributed by atoms with E-state index in [4.69, 9.17) is 35.3 Å². The third kappa shape index (κ3) is 2.75. The van der Waals surface area contributed by atoms with Gasteiger partial charge in [-0.25, -0.2) is 9.78 Å². The number of rotatable bonds is 3. The third-order valence-electron chi connectivity index (χ3n) is 6.32. The minimum Gasteiger partial charge on any atom is -0.458 e. The smallest absolute Gasteiger partial charge is 0.344 e. The van der Waals surface area contributed by atoms with Gasteiger partial charge in [-0.2, -0.15) is 0 Å². The fraction of sp³-hybridized carbons (Fsp3) is 0.286. The van der Waals surface area contributed by atoms with Crippen molar-refractivity contribution in [3.8, 4) is 22.9 Å². The number of halogens is 1. The van der Waals surface area contributed by atoms with Crippen LogP contribution in [-0.2, 0) is 37.4 Å². The molecule has 2 atom stereocenters. The summed E-state index contributed by atoms with van der Waals surface area (Å²) in [6, 6.07) is 5.20. The molecular formula is C21H16ClN2O8P. The van der Waals surface area contributed by atoms with Gasteiger partial charge in [0.05, 0.1) is 34.0 Å². The standard InChI is InChI=1S/C21H16ClN2O8P/c1-2-21(32-33(27)28)12-4-14-17-9(6-24(14)19(25)11(12)7-29-20(21)26)3-10-13(23-17)5-15-18(16(10)22)31-8-30-15/h3-5,33H,2,6-8H2,1H3,(H,27,28)/t21-/m0/s1. The van der Waals surface area contributed by atoms with E-state index < -0.39 is 19.8 Å². The van der Waals surface area contributed by atoms with Crippen molar-refractivity contribution in [1.82, 2.24) is 9.55 Å². The molecule has 6 rings (SSSR count). The first-order chi connectivity index (χ1) is 15.8. The van der Waals surface area contributed by atoms with Crippen molar-refractivity contribution in [2.24, 2.45) is 0 Å². The zero-order valence-electron chi connectivity index (χ0n) is 17.1. The number of aromatic nitrogens is 2. The van der Waals surface area contributed by atoms with Crippen molar-refractivity contribution < 1.29 is 33.0 Å². The fourth-order valence-electron chi connectivity index (χ4n) is 4.74. The van der Waals surface area contributed by atoms with Crippen molar-refractivity contribution in [3.05, 3.63) is 50.3 Å². The lowest BCUT2D eigenvalue weighted by Crippen LogP contribution is -2.45. The molecule has 0 radical (unpaired) electrons. The van der Waals surface area contributed by atoms with Crippen LogP contribution in [0.1, 0.15) is 30.0 Å². The topological polar surface area (TPSA) is 126 Å². The molecule has 5 heterocycles. The first-order valence-corrected chi connectivity index (χ1v) is 11.8. The van der Waals surface area contributed by atoms with Crippen LogP contribution < -0.4 is 15.0 Å². The summed E-state index contributed by atoms with van der Waals surface area (Å²) in [7, 11) is -3.52. The van der Waals surface area contributed by atoms with E-state index >= 15 is 0 Å². The molecule has 0 fully saturated rings. The second-order valence-electron chi connectivity index (χ2n) is 7.92. The number of ether oxygens (including phenoxy) is 3. The van der Waals surface area contributed by atoms with Crippen molar-refractivity contribution in [2.45, 2.75) is 32.1 Å². The van der Waals surface area contributed by atoms with E-state index in [9.17, 15) is 19.0 Å². The summed E-state index contributed by atoms with van der Waals surface area (Å²) < 4.78 is 34.4. The number of fused-ring (bicyclic) bond motifs is 6. The predicted octanol–water partition coefficient (Wildman–Crippen LogP) is 2.87. The Morgan fingerprint density at radius 1 is 1.27 bits per heavy atom. The monoisotopic (exact) mass is 490 g/mol. The Morgan fingerprint density at radius 2 is 2.09 bits per heavy atom. The molecular weight excluding hydrogens is 475 g/mol. The van der Waals surface area contributed by atoms with Crippen LogP contribution >= 0.6 is 19.9 Å². The van der Waals surface area contributed by atoms with Gasteiger partial charge in [-0.05, 0) is 18.6 Å². The summed E-state index contributed by atoms with van der Waals surface area (Å²) in [5.74, 6) is 0.127. The van der Waals surface area contributed by atoms with E-state index in [2.05, 4.69) is 0 Å². The van der Waals surface area contributed by atoms with Gasteiger partial charge in [0.2, 0.25) is 6.79 Å². The lowest BCUT2D eigenvalue weighted by Gasteiger charge is -2.34. The van der Waals surface area contributed by atoms with Crippen LogP contribution in [0.15, 0.2) is 23.0 Å². The highest BCUT2D eigenvalue weighted by Gasteiger charge is 2.49. The van der Waals surface area contributed by atoms with Crippen LogP contribution in [0.5, 0.6) is 11.5 Å². The minimum atomic E-state index is -3.52. The van der Waals surface area contributed by atoms with E-state index in [0.717, 1.165) is 5.56 Å². The Balaban J connectivity index is 1.60. The largest absolute Gasteiger partial charge is 0.458 e. The highest BCUT2D eigenvalue weighted by molar-refractivity contribution is 7.32. The zero-order valence-corrected chi connectivity index (χ0v) is 18.9. The molecule has 3 aliphatic heterocycles. The maximum Gasteiger partial charge on any atom is 0.344 e. The van der Waals surface area contributed by atoms with E-state index in [1.54, 1.807) is 19.1 Å². The highest BCUT2D eigenvalue weighted by Crippen LogP contribution is 2.47. The number of carbonyl (C=O) groups is 1. The van der Waals surface area contributed by atoms with E-state index in [-0.39, 0.29) is 43.1 Å². The Hall–Kier alpha value is -2.91. The van der Waals surface area contributed by atoms with Crippen molar-refractivity contribution in [3.63, 3.8) is 0 Å². The van der Waals surface area contributed by atoms with Crippen molar-refractivity contribution in [1.29, 1.82) is 0 Å². The van der Waals surface area contributed by atoms with Gasteiger partial charge in [0.15, 0.2) is 17.1 Å². The first-order valence-electron chi connectivity index (χ1n) is 10.1. The van der Waals surface area contributed by atoms with Crippen molar-refractivity contribution in [2.75, 3.05) is 6.79 Å². The molecule has 1 unspecified atom stereocenters. The van der Waals surface area contributed by atoms with Gasteiger partial charge < -0.3 is 23.7 Å². The molecule has 170 valence electrons. The Labute approximate surface area is 191 Å². The van der Waals surface area contributed by atoms with Gasteiger partial charge in [-0.3, -0.25) is 13.9 Å². The number of carbonyl (C=O) groups excluding carboxylic acids is 1. The molecule has 1 N–H and O–H groups in total. The Kier molecular flexibility index (Phi) is 4.41. The lowest BCUT2D eigenvalue weighted by atomic mass is 9.86. The second-order valence-corrected chi connectivity index (χ2v) is 9.04.